The lowest BCUT2D eigenvalue weighted by Gasteiger charge is -2.39. The van der Waals surface area contributed by atoms with Gasteiger partial charge in [0.1, 0.15) is 11.6 Å². The normalized spacial score (nSPS) is 18.6. The fourth-order valence-corrected chi connectivity index (χ4v) is 3.94. The van der Waals surface area contributed by atoms with Crippen LogP contribution in [0.15, 0.2) is 48.5 Å². The fraction of sp³-hybridized carbons (Fsp3) is 0.400. The Morgan fingerprint density at radius 2 is 1.71 bits per heavy atom. The van der Waals surface area contributed by atoms with Gasteiger partial charge < -0.3 is 5.11 Å². The van der Waals surface area contributed by atoms with Gasteiger partial charge in [-0.25, -0.2) is 4.68 Å². The molecular weight excluding hydrogens is 298 g/mol. The van der Waals surface area contributed by atoms with E-state index in [2.05, 4.69) is 41.5 Å². The summed E-state index contributed by atoms with van der Waals surface area (Å²) in [5, 5.41) is 20.2. The first-order chi connectivity index (χ1) is 11.7. The van der Waals surface area contributed by atoms with Crippen molar-refractivity contribution in [2.24, 2.45) is 0 Å². The Morgan fingerprint density at radius 3 is 2.46 bits per heavy atom. The maximum atomic E-state index is 11.5. The van der Waals surface area contributed by atoms with Crippen LogP contribution in [0.5, 0.6) is 0 Å². The topological polar surface area (TPSA) is 50.9 Å². The molecule has 0 aliphatic heterocycles. The first kappa shape index (κ1) is 15.3. The van der Waals surface area contributed by atoms with Crippen LogP contribution in [-0.4, -0.2) is 25.7 Å². The van der Waals surface area contributed by atoms with Gasteiger partial charge in [-0.2, -0.15) is 0 Å². The van der Waals surface area contributed by atoms with Gasteiger partial charge in [-0.1, -0.05) is 66.4 Å². The van der Waals surface area contributed by atoms with Crippen molar-refractivity contribution in [1.82, 2.24) is 15.0 Å². The highest BCUT2D eigenvalue weighted by atomic mass is 16.3. The molecule has 1 aliphatic carbocycles. The molecule has 1 N–H and O–H groups in total. The van der Waals surface area contributed by atoms with Gasteiger partial charge in [-0.05, 0) is 37.5 Å². The van der Waals surface area contributed by atoms with Gasteiger partial charge in [0.15, 0.2) is 0 Å². The van der Waals surface area contributed by atoms with Crippen molar-refractivity contribution in [3.05, 3.63) is 59.7 Å². The number of benzene rings is 2. The van der Waals surface area contributed by atoms with E-state index >= 15 is 0 Å². The Bertz CT molecular complexity index is 831. The first-order valence-electron chi connectivity index (χ1n) is 8.76. The number of aliphatic hydroxyl groups is 1. The summed E-state index contributed by atoms with van der Waals surface area (Å²) in [5.74, 6) is 0. The maximum Gasteiger partial charge on any atom is 0.113 e. The van der Waals surface area contributed by atoms with Crippen molar-refractivity contribution in [3.8, 4) is 0 Å². The molecule has 0 amide bonds. The molecule has 0 spiro atoms. The van der Waals surface area contributed by atoms with Crippen LogP contribution < -0.4 is 0 Å². The van der Waals surface area contributed by atoms with E-state index in [1.54, 1.807) is 0 Å². The Balaban J connectivity index is 1.88. The van der Waals surface area contributed by atoms with Gasteiger partial charge >= 0.3 is 0 Å². The van der Waals surface area contributed by atoms with Crippen LogP contribution in [0.4, 0.5) is 0 Å². The van der Waals surface area contributed by atoms with Crippen LogP contribution in [0, 0.1) is 6.92 Å². The molecule has 1 unspecified atom stereocenters. The third kappa shape index (κ3) is 2.61. The number of para-hydroxylation sites is 1. The molecule has 1 atom stereocenters. The summed E-state index contributed by atoms with van der Waals surface area (Å²) in [4.78, 5) is 0. The second-order valence-electron chi connectivity index (χ2n) is 7.00. The lowest BCUT2D eigenvalue weighted by molar-refractivity contribution is -0.0328. The number of nitrogens with zero attached hydrogens (tertiary/aromatic N) is 3. The minimum Gasteiger partial charge on any atom is -0.387 e. The van der Waals surface area contributed by atoms with E-state index < -0.39 is 5.60 Å². The van der Waals surface area contributed by atoms with Crippen molar-refractivity contribution in [2.75, 3.05) is 0 Å². The summed E-state index contributed by atoms with van der Waals surface area (Å²) < 4.78 is 1.92. The molecule has 2 aromatic carbocycles. The standard InChI is InChI=1S/C20H23N3O/c1-15-9-11-16(12-10-15)19(20(24)13-5-2-6-14-20)23-18-8-4-3-7-17(18)21-22-23/h3-4,7-12,19,24H,2,5-6,13-14H2,1H3. The Hall–Kier alpha value is -2.20. The minimum atomic E-state index is -0.774. The number of hydrogen-bond acceptors (Lipinski definition) is 3. The summed E-state index contributed by atoms with van der Waals surface area (Å²) in [6.07, 6.45) is 4.93. The maximum absolute atomic E-state index is 11.5. The summed E-state index contributed by atoms with van der Waals surface area (Å²) in [6.45, 7) is 2.08. The van der Waals surface area contributed by atoms with Crippen molar-refractivity contribution in [1.29, 1.82) is 0 Å². The zero-order valence-corrected chi connectivity index (χ0v) is 14.0. The smallest absolute Gasteiger partial charge is 0.113 e. The predicted molar refractivity (Wildman–Crippen MR) is 94.9 cm³/mol. The highest BCUT2D eigenvalue weighted by Gasteiger charge is 2.41. The van der Waals surface area contributed by atoms with E-state index in [0.717, 1.165) is 42.3 Å². The van der Waals surface area contributed by atoms with Gasteiger partial charge in [0.05, 0.1) is 11.1 Å². The second kappa shape index (κ2) is 6.02. The Labute approximate surface area is 142 Å². The zero-order valence-electron chi connectivity index (χ0n) is 14.0. The van der Waals surface area contributed by atoms with Gasteiger partial charge in [0.25, 0.3) is 0 Å². The number of rotatable bonds is 3. The van der Waals surface area contributed by atoms with Crippen molar-refractivity contribution in [2.45, 2.75) is 50.7 Å². The summed E-state index contributed by atoms with van der Waals surface area (Å²) in [5.41, 5.74) is 3.39. The fourth-order valence-electron chi connectivity index (χ4n) is 3.94. The van der Waals surface area contributed by atoms with E-state index in [-0.39, 0.29) is 6.04 Å². The van der Waals surface area contributed by atoms with Crippen LogP contribution in [0.3, 0.4) is 0 Å². The molecule has 4 rings (SSSR count). The highest BCUT2D eigenvalue weighted by Crippen LogP contribution is 2.41. The molecule has 3 aromatic rings. The quantitative estimate of drug-likeness (QED) is 0.792. The van der Waals surface area contributed by atoms with E-state index in [1.165, 1.54) is 12.0 Å². The highest BCUT2D eigenvalue weighted by molar-refractivity contribution is 5.74. The SMILES string of the molecule is Cc1ccc(C(n2nnc3ccccc32)C2(O)CCCCC2)cc1. The van der Waals surface area contributed by atoms with Crippen LogP contribution in [0.2, 0.25) is 0 Å². The van der Waals surface area contributed by atoms with Crippen molar-refractivity contribution >= 4 is 11.0 Å². The first-order valence-corrected chi connectivity index (χ1v) is 8.76. The van der Waals surface area contributed by atoms with Crippen LogP contribution in [0.1, 0.15) is 49.3 Å². The van der Waals surface area contributed by atoms with Gasteiger partial charge in [-0.15, -0.1) is 5.10 Å². The molecule has 124 valence electrons. The molecule has 0 radical (unpaired) electrons. The lowest BCUT2D eigenvalue weighted by atomic mass is 9.77. The second-order valence-corrected chi connectivity index (χ2v) is 7.00. The molecule has 1 saturated carbocycles. The molecule has 1 fully saturated rings. The van der Waals surface area contributed by atoms with Crippen LogP contribution in [0.25, 0.3) is 11.0 Å². The summed E-state index contributed by atoms with van der Waals surface area (Å²) in [6, 6.07) is 16.2. The number of aryl methyl sites for hydroxylation is 1. The van der Waals surface area contributed by atoms with Crippen LogP contribution >= 0.6 is 0 Å². The molecule has 4 nitrogen and oxygen atoms in total. The minimum absolute atomic E-state index is 0.203. The van der Waals surface area contributed by atoms with E-state index in [4.69, 9.17) is 0 Å². The lowest BCUT2D eigenvalue weighted by Crippen LogP contribution is -2.42. The van der Waals surface area contributed by atoms with Crippen LogP contribution in [-0.2, 0) is 0 Å². The largest absolute Gasteiger partial charge is 0.387 e. The number of hydrogen-bond donors (Lipinski definition) is 1. The predicted octanol–water partition coefficient (Wildman–Crippen LogP) is 4.02. The number of aromatic nitrogens is 3. The summed E-state index contributed by atoms with van der Waals surface area (Å²) in [7, 11) is 0. The monoisotopic (exact) mass is 321 g/mol. The zero-order chi connectivity index (χ0) is 16.6. The molecule has 24 heavy (non-hydrogen) atoms. The summed E-state index contributed by atoms with van der Waals surface area (Å²) >= 11 is 0. The average Bonchev–Trinajstić information content (AvgIpc) is 3.01. The molecule has 1 aromatic heterocycles. The number of fused-ring (bicyclic) bond motifs is 1. The molecule has 0 saturated heterocycles. The van der Waals surface area contributed by atoms with Gasteiger partial charge in [0, 0.05) is 0 Å². The van der Waals surface area contributed by atoms with Gasteiger partial charge in [0.2, 0.25) is 0 Å². The van der Waals surface area contributed by atoms with E-state index in [0.29, 0.717) is 0 Å². The van der Waals surface area contributed by atoms with E-state index in [9.17, 15) is 5.11 Å². The van der Waals surface area contributed by atoms with Gasteiger partial charge in [-0.3, -0.25) is 0 Å². The van der Waals surface area contributed by atoms with Crippen molar-refractivity contribution in [3.63, 3.8) is 0 Å². The molecule has 4 heteroatoms. The Morgan fingerprint density at radius 1 is 1.00 bits per heavy atom. The molecule has 1 heterocycles. The Kier molecular flexibility index (Phi) is 3.85. The molecule has 1 aliphatic rings. The molecule has 0 bridgehead atoms. The van der Waals surface area contributed by atoms with Crippen molar-refractivity contribution < 1.29 is 5.11 Å². The molecular formula is C20H23N3O. The van der Waals surface area contributed by atoms with E-state index in [1.807, 2.05) is 28.9 Å². The third-order valence-electron chi connectivity index (χ3n) is 5.24. The average molecular weight is 321 g/mol. The third-order valence-corrected chi connectivity index (χ3v) is 5.24.